The normalized spacial score (nSPS) is 37.7. The van der Waals surface area contributed by atoms with Crippen LogP contribution in [0.2, 0.25) is 0 Å². The number of hydrogen-bond acceptors (Lipinski definition) is 10. The van der Waals surface area contributed by atoms with Crippen molar-refractivity contribution in [2.24, 2.45) is 5.73 Å². The molecule has 3 heterocycles. The van der Waals surface area contributed by atoms with E-state index in [9.17, 15) is 18.9 Å². The smallest absolute Gasteiger partial charge is 0.462 e. The summed E-state index contributed by atoms with van der Waals surface area (Å²) in [6, 6.07) is 0. The summed E-state index contributed by atoms with van der Waals surface area (Å²) < 4.78 is 40.5. The van der Waals surface area contributed by atoms with E-state index in [1.807, 2.05) is 0 Å². The fourth-order valence-electron chi connectivity index (χ4n) is 4.40. The summed E-state index contributed by atoms with van der Waals surface area (Å²) >= 11 is 0. The molecular formula is C20H29N2O9P. The lowest BCUT2D eigenvalue weighted by Crippen LogP contribution is -2.60. The summed E-state index contributed by atoms with van der Waals surface area (Å²) in [7, 11) is -3.93. The van der Waals surface area contributed by atoms with Crippen molar-refractivity contribution >= 4 is 25.5 Å². The molecule has 3 fully saturated rings. The van der Waals surface area contributed by atoms with E-state index >= 15 is 0 Å². The number of ether oxygens (including phenoxy) is 2. The molecule has 3 aliphatic heterocycles. The van der Waals surface area contributed by atoms with Gasteiger partial charge in [0.15, 0.2) is 12.0 Å². The molecule has 0 aromatic rings. The van der Waals surface area contributed by atoms with Crippen LogP contribution in [0.3, 0.4) is 0 Å². The van der Waals surface area contributed by atoms with Crippen molar-refractivity contribution < 1.29 is 42.0 Å². The number of carbonyl (C=O) groups is 3. The van der Waals surface area contributed by atoms with Gasteiger partial charge in [-0.15, -0.1) is 0 Å². The molecule has 5 atom stereocenters. The molecule has 0 aromatic heterocycles. The van der Waals surface area contributed by atoms with E-state index in [2.05, 4.69) is 0 Å². The van der Waals surface area contributed by atoms with Crippen LogP contribution in [0.5, 0.6) is 0 Å². The van der Waals surface area contributed by atoms with Gasteiger partial charge in [-0.25, -0.2) is 4.57 Å². The second kappa shape index (κ2) is 9.32. The standard InChI is InChI=1S/C20H29N2O9P/c1-20(21)18-15(30-19(20)22-9-8-13(23)11-16(22)24)12-28-32(26,31-18)27-10-4-7-17(25)29-14-5-2-3-6-14/h8-9,14-15,18-19H,2-7,10-12,21H2,1H3/t15-,18-,19-,20-,32-/m1/s1. The van der Waals surface area contributed by atoms with Crippen LogP contribution in [0.25, 0.3) is 0 Å². The number of hydrogen-bond donors (Lipinski definition) is 1. The highest BCUT2D eigenvalue weighted by molar-refractivity contribution is 7.48. The van der Waals surface area contributed by atoms with Crippen LogP contribution in [-0.4, -0.2) is 65.9 Å². The highest BCUT2D eigenvalue weighted by atomic mass is 31.2. The van der Waals surface area contributed by atoms with E-state index in [0.29, 0.717) is 6.42 Å². The summed E-state index contributed by atoms with van der Waals surface area (Å²) in [6.07, 6.45) is 4.29. The lowest BCUT2D eigenvalue weighted by molar-refractivity contribution is -0.149. The van der Waals surface area contributed by atoms with Crippen molar-refractivity contribution in [3.8, 4) is 0 Å². The van der Waals surface area contributed by atoms with Gasteiger partial charge in [-0.1, -0.05) is 0 Å². The number of ketones is 1. The minimum atomic E-state index is -3.93. The van der Waals surface area contributed by atoms with Gasteiger partial charge in [0, 0.05) is 12.6 Å². The van der Waals surface area contributed by atoms with E-state index < -0.39 is 37.7 Å². The van der Waals surface area contributed by atoms with E-state index in [1.54, 1.807) is 6.92 Å². The molecule has 178 valence electrons. The molecule has 12 heteroatoms. The third-order valence-electron chi connectivity index (χ3n) is 6.09. The Morgan fingerprint density at radius 2 is 2.09 bits per heavy atom. The number of nitrogens with two attached hydrogens (primary N) is 1. The SMILES string of the molecule is C[C@@]1(N)[C@@H]2O[P@](=O)(OCCCC(=O)OC3CCCC3)OC[C@H]2O[C@H]1N1C=CC(=O)CC1=O. The maximum absolute atomic E-state index is 12.9. The van der Waals surface area contributed by atoms with Crippen LogP contribution in [0, 0.1) is 0 Å². The van der Waals surface area contributed by atoms with Gasteiger partial charge in [-0.05, 0) is 45.1 Å². The van der Waals surface area contributed by atoms with E-state index in [4.69, 9.17) is 28.8 Å². The number of esters is 1. The average molecular weight is 472 g/mol. The minimum Gasteiger partial charge on any atom is -0.462 e. The van der Waals surface area contributed by atoms with Crippen LogP contribution < -0.4 is 5.73 Å². The summed E-state index contributed by atoms with van der Waals surface area (Å²) in [4.78, 5) is 36.9. The Labute approximate surface area is 186 Å². The van der Waals surface area contributed by atoms with Gasteiger partial charge in [0.05, 0.1) is 25.2 Å². The Balaban J connectivity index is 1.29. The van der Waals surface area contributed by atoms with Crippen molar-refractivity contribution in [1.82, 2.24) is 4.90 Å². The number of rotatable bonds is 7. The van der Waals surface area contributed by atoms with Crippen molar-refractivity contribution in [3.05, 3.63) is 12.3 Å². The molecular weight excluding hydrogens is 443 g/mol. The number of nitrogens with zero attached hydrogens (tertiary/aromatic N) is 1. The quantitative estimate of drug-likeness (QED) is 0.251. The third kappa shape index (κ3) is 4.98. The second-order valence-corrected chi connectivity index (χ2v) is 10.4. The first-order valence-electron chi connectivity index (χ1n) is 10.9. The molecule has 2 N–H and O–H groups in total. The Morgan fingerprint density at radius 1 is 1.34 bits per heavy atom. The highest BCUT2D eigenvalue weighted by Gasteiger charge is 2.60. The lowest BCUT2D eigenvalue weighted by Gasteiger charge is -2.38. The van der Waals surface area contributed by atoms with Gasteiger partial charge in [0.25, 0.3) is 0 Å². The zero-order valence-corrected chi connectivity index (χ0v) is 18.9. The Hall–Kier alpha value is -1.62. The monoisotopic (exact) mass is 472 g/mol. The highest BCUT2D eigenvalue weighted by Crippen LogP contribution is 2.57. The van der Waals surface area contributed by atoms with E-state index in [-0.39, 0.29) is 43.9 Å². The van der Waals surface area contributed by atoms with Crippen LogP contribution >= 0.6 is 7.82 Å². The van der Waals surface area contributed by atoms with Gasteiger partial charge >= 0.3 is 13.8 Å². The summed E-state index contributed by atoms with van der Waals surface area (Å²) in [5, 5.41) is 0. The Bertz CT molecular complexity index is 839. The lowest BCUT2D eigenvalue weighted by atomic mass is 9.92. The van der Waals surface area contributed by atoms with Crippen LogP contribution in [0.4, 0.5) is 0 Å². The topological polar surface area (TPSA) is 144 Å². The van der Waals surface area contributed by atoms with Gasteiger partial charge < -0.3 is 15.2 Å². The van der Waals surface area contributed by atoms with Crippen molar-refractivity contribution in [3.63, 3.8) is 0 Å². The van der Waals surface area contributed by atoms with Crippen LogP contribution in [0.1, 0.15) is 51.9 Å². The van der Waals surface area contributed by atoms with Crippen molar-refractivity contribution in [1.29, 1.82) is 0 Å². The fourth-order valence-corrected chi connectivity index (χ4v) is 5.92. The number of amides is 1. The van der Waals surface area contributed by atoms with Crippen molar-refractivity contribution in [2.45, 2.75) is 81.9 Å². The summed E-state index contributed by atoms with van der Waals surface area (Å²) in [5.74, 6) is -1.05. The Morgan fingerprint density at radius 3 is 2.81 bits per heavy atom. The molecule has 32 heavy (non-hydrogen) atoms. The zero-order valence-electron chi connectivity index (χ0n) is 18.0. The first-order valence-corrected chi connectivity index (χ1v) is 12.4. The molecule has 0 radical (unpaired) electrons. The van der Waals surface area contributed by atoms with E-state index in [0.717, 1.165) is 25.7 Å². The second-order valence-electron chi connectivity index (χ2n) is 8.75. The van der Waals surface area contributed by atoms with E-state index in [1.165, 1.54) is 17.2 Å². The number of carbonyl (C=O) groups excluding carboxylic acids is 3. The molecule has 0 spiro atoms. The molecule has 1 amide bonds. The molecule has 11 nitrogen and oxygen atoms in total. The van der Waals surface area contributed by atoms with Gasteiger partial charge in [-0.3, -0.25) is 32.9 Å². The fraction of sp³-hybridized carbons (Fsp3) is 0.750. The molecule has 0 unspecified atom stereocenters. The average Bonchev–Trinajstić information content (AvgIpc) is 3.32. The van der Waals surface area contributed by atoms with Gasteiger partial charge in [0.2, 0.25) is 5.91 Å². The van der Waals surface area contributed by atoms with Crippen molar-refractivity contribution in [2.75, 3.05) is 13.2 Å². The first-order chi connectivity index (χ1) is 15.2. The molecule has 1 saturated carbocycles. The predicted molar refractivity (Wildman–Crippen MR) is 109 cm³/mol. The van der Waals surface area contributed by atoms with Gasteiger partial charge in [0.1, 0.15) is 18.3 Å². The number of phosphoric acid groups is 1. The van der Waals surface area contributed by atoms with Gasteiger partial charge in [-0.2, -0.15) is 0 Å². The molecule has 4 rings (SSSR count). The maximum atomic E-state index is 12.9. The van der Waals surface area contributed by atoms with Crippen LogP contribution in [-0.2, 0) is 42.0 Å². The first kappa shape index (κ1) is 23.5. The number of phosphoric ester groups is 1. The molecule has 0 aromatic carbocycles. The third-order valence-corrected chi connectivity index (χ3v) is 7.54. The number of allylic oxidation sites excluding steroid dienone is 1. The minimum absolute atomic E-state index is 0.000934. The summed E-state index contributed by atoms with van der Waals surface area (Å²) in [5.41, 5.74) is 5.20. The largest absolute Gasteiger partial charge is 0.475 e. The molecule has 0 bridgehead atoms. The number of fused-ring (bicyclic) bond motifs is 1. The predicted octanol–water partition coefficient (Wildman–Crippen LogP) is 1.55. The van der Waals surface area contributed by atoms with Crippen LogP contribution in [0.15, 0.2) is 12.3 Å². The molecule has 2 saturated heterocycles. The molecule has 4 aliphatic rings. The Kier molecular flexibility index (Phi) is 6.86. The molecule has 1 aliphatic carbocycles. The zero-order chi connectivity index (χ0) is 22.9. The summed E-state index contributed by atoms with van der Waals surface area (Å²) in [6.45, 7) is 1.50. The maximum Gasteiger partial charge on any atom is 0.475 e.